The molecule has 210 valence electrons. The van der Waals surface area contributed by atoms with Crippen molar-refractivity contribution in [3.8, 4) is 45.0 Å². The summed E-state index contributed by atoms with van der Waals surface area (Å²) in [4.78, 5) is 15.9. The van der Waals surface area contributed by atoms with Gasteiger partial charge in [0.05, 0.1) is 27.1 Å². The van der Waals surface area contributed by atoms with Crippen molar-refractivity contribution in [2.45, 2.75) is 0 Å². The maximum atomic E-state index is 5.49. The Labute approximate surface area is 264 Å². The lowest BCUT2D eigenvalue weighted by Crippen LogP contribution is -1.97. The summed E-state index contributed by atoms with van der Waals surface area (Å²) in [6.07, 6.45) is 0. The molecule has 0 saturated heterocycles. The molecule has 0 fully saturated rings. The summed E-state index contributed by atoms with van der Waals surface area (Å²) in [5, 5.41) is 4.58. The molecule has 9 rings (SSSR count). The second-order valence-corrected chi connectivity index (χ2v) is 12.2. The van der Waals surface area contributed by atoms with Gasteiger partial charge in [0.1, 0.15) is 0 Å². The first-order valence-electron chi connectivity index (χ1n) is 15.0. The minimum absolute atomic E-state index is 0.715. The number of hydrogen-bond donors (Lipinski definition) is 0. The Balaban J connectivity index is 1.44. The minimum atomic E-state index is 0.715. The zero-order chi connectivity index (χ0) is 29.7. The van der Waals surface area contributed by atoms with Crippen LogP contribution in [0.3, 0.4) is 0 Å². The van der Waals surface area contributed by atoms with Crippen molar-refractivity contribution in [2.24, 2.45) is 0 Å². The average molecular weight is 592 g/mol. The predicted molar refractivity (Wildman–Crippen MR) is 189 cm³/mol. The maximum Gasteiger partial charge on any atom is 0.160 e. The summed E-state index contributed by atoms with van der Waals surface area (Å²) >= 11 is 1.75. The molecule has 0 bridgehead atoms. The van der Waals surface area contributed by atoms with Gasteiger partial charge in [-0.2, -0.15) is 0 Å². The average Bonchev–Trinajstić information content (AvgIpc) is 3.50. The van der Waals surface area contributed by atoms with E-state index in [-0.39, 0.29) is 0 Å². The lowest BCUT2D eigenvalue weighted by molar-refractivity contribution is 1.24. The van der Waals surface area contributed by atoms with Gasteiger partial charge in [-0.25, -0.2) is 15.0 Å². The van der Waals surface area contributed by atoms with Crippen LogP contribution in [-0.4, -0.2) is 15.0 Å². The Kier molecular flexibility index (Phi) is 6.00. The molecular formula is C41H25N3S. The molecule has 0 saturated carbocycles. The Morgan fingerprint density at radius 2 is 0.978 bits per heavy atom. The van der Waals surface area contributed by atoms with Gasteiger partial charge in [-0.3, -0.25) is 0 Å². The van der Waals surface area contributed by atoms with Crippen LogP contribution in [0.2, 0.25) is 0 Å². The highest BCUT2D eigenvalue weighted by atomic mass is 32.1. The van der Waals surface area contributed by atoms with Gasteiger partial charge in [0.25, 0.3) is 0 Å². The maximum absolute atomic E-state index is 5.49. The van der Waals surface area contributed by atoms with Crippen molar-refractivity contribution in [2.75, 3.05) is 0 Å². The number of rotatable bonds is 4. The number of benzene rings is 6. The molecule has 3 heterocycles. The fourth-order valence-corrected chi connectivity index (χ4v) is 7.58. The topological polar surface area (TPSA) is 38.7 Å². The van der Waals surface area contributed by atoms with E-state index >= 15 is 0 Å². The van der Waals surface area contributed by atoms with Gasteiger partial charge in [0.2, 0.25) is 0 Å². The van der Waals surface area contributed by atoms with E-state index in [0.29, 0.717) is 5.82 Å². The highest BCUT2D eigenvalue weighted by molar-refractivity contribution is 7.26. The van der Waals surface area contributed by atoms with Crippen LogP contribution in [0.1, 0.15) is 0 Å². The van der Waals surface area contributed by atoms with Crippen molar-refractivity contribution in [3.63, 3.8) is 0 Å². The first-order valence-corrected chi connectivity index (χ1v) is 15.9. The Bertz CT molecular complexity index is 2520. The summed E-state index contributed by atoms with van der Waals surface area (Å²) in [6.45, 7) is 0. The van der Waals surface area contributed by atoms with Gasteiger partial charge in [-0.05, 0) is 17.2 Å². The summed E-state index contributed by atoms with van der Waals surface area (Å²) < 4.78 is 2.27. The highest BCUT2D eigenvalue weighted by Crippen LogP contribution is 2.44. The first-order chi connectivity index (χ1) is 22.3. The smallest absolute Gasteiger partial charge is 0.160 e. The molecule has 0 radical (unpaired) electrons. The molecule has 3 nitrogen and oxygen atoms in total. The number of hydrogen-bond acceptors (Lipinski definition) is 4. The molecule has 9 aromatic rings. The number of thiophene rings is 1. The van der Waals surface area contributed by atoms with Crippen LogP contribution >= 0.6 is 11.3 Å². The van der Waals surface area contributed by atoms with E-state index in [1.54, 1.807) is 11.3 Å². The normalized spacial score (nSPS) is 11.6. The van der Waals surface area contributed by atoms with Crippen LogP contribution in [0.15, 0.2) is 152 Å². The molecule has 0 aliphatic rings. The van der Waals surface area contributed by atoms with Crippen molar-refractivity contribution in [3.05, 3.63) is 152 Å². The largest absolute Gasteiger partial charge is 0.246 e. The van der Waals surface area contributed by atoms with Gasteiger partial charge >= 0.3 is 0 Å². The number of fused-ring (bicyclic) bond motifs is 6. The number of pyridine rings is 1. The van der Waals surface area contributed by atoms with E-state index in [9.17, 15) is 0 Å². The van der Waals surface area contributed by atoms with E-state index in [2.05, 4.69) is 133 Å². The zero-order valence-electron chi connectivity index (χ0n) is 24.2. The minimum Gasteiger partial charge on any atom is -0.246 e. The molecule has 0 N–H and O–H groups in total. The molecule has 4 heteroatoms. The van der Waals surface area contributed by atoms with Gasteiger partial charge < -0.3 is 0 Å². The number of para-hydroxylation sites is 1. The standard InChI is InChI=1S/C41H25N3S/c1-4-14-26(15-5-1)29-21-12-22-31-35(29)32-23-13-24-33(37(32)42-36(31)27-16-6-2-7-17-27)39-40-38(30-20-10-11-25-34(30)45-40)43-41(44-39)28-18-8-3-9-19-28/h1-25H. The molecule has 45 heavy (non-hydrogen) atoms. The van der Waals surface area contributed by atoms with E-state index in [0.717, 1.165) is 60.0 Å². The quantitative estimate of drug-likeness (QED) is 0.191. The lowest BCUT2D eigenvalue weighted by Gasteiger charge is -2.16. The Morgan fingerprint density at radius 3 is 1.73 bits per heavy atom. The number of nitrogens with zero attached hydrogens (tertiary/aromatic N) is 3. The third kappa shape index (κ3) is 4.22. The Morgan fingerprint density at radius 1 is 0.378 bits per heavy atom. The van der Waals surface area contributed by atoms with E-state index < -0.39 is 0 Å². The van der Waals surface area contributed by atoms with Crippen molar-refractivity contribution >= 4 is 53.3 Å². The van der Waals surface area contributed by atoms with Crippen LogP contribution in [0.25, 0.3) is 87.0 Å². The SMILES string of the molecule is c1ccc(-c2nc(-c3cccc4c3nc(-c3ccccc3)c3cccc(-c5ccccc5)c34)c3sc4ccccc4c3n2)cc1. The molecule has 0 aliphatic carbocycles. The van der Waals surface area contributed by atoms with Gasteiger partial charge in [0.15, 0.2) is 5.82 Å². The summed E-state index contributed by atoms with van der Waals surface area (Å²) in [6, 6.07) is 53.0. The van der Waals surface area contributed by atoms with E-state index in [1.807, 2.05) is 18.2 Å². The molecule has 3 aromatic heterocycles. The third-order valence-electron chi connectivity index (χ3n) is 8.49. The van der Waals surface area contributed by atoms with E-state index in [1.165, 1.54) is 21.2 Å². The van der Waals surface area contributed by atoms with E-state index in [4.69, 9.17) is 15.0 Å². The predicted octanol–water partition coefficient (Wildman–Crippen LogP) is 11.2. The highest BCUT2D eigenvalue weighted by Gasteiger charge is 2.21. The molecule has 0 amide bonds. The molecule has 0 spiro atoms. The van der Waals surface area contributed by atoms with Crippen LogP contribution in [0.5, 0.6) is 0 Å². The summed E-state index contributed by atoms with van der Waals surface area (Å²) in [7, 11) is 0. The molecule has 0 atom stereocenters. The molecule has 6 aromatic carbocycles. The number of aromatic nitrogens is 3. The lowest BCUT2D eigenvalue weighted by atomic mass is 9.91. The van der Waals surface area contributed by atoms with Gasteiger partial charge in [0, 0.05) is 42.9 Å². The monoisotopic (exact) mass is 591 g/mol. The molecular weight excluding hydrogens is 567 g/mol. The van der Waals surface area contributed by atoms with Crippen LogP contribution in [0, 0.1) is 0 Å². The fraction of sp³-hybridized carbons (Fsp3) is 0. The van der Waals surface area contributed by atoms with Crippen molar-refractivity contribution in [1.82, 2.24) is 15.0 Å². The third-order valence-corrected chi connectivity index (χ3v) is 9.65. The second kappa shape index (κ2) is 10.5. The Hall–Kier alpha value is -5.71. The van der Waals surface area contributed by atoms with Crippen molar-refractivity contribution < 1.29 is 0 Å². The fourth-order valence-electron chi connectivity index (χ4n) is 6.43. The second-order valence-electron chi connectivity index (χ2n) is 11.2. The van der Waals surface area contributed by atoms with Crippen LogP contribution < -0.4 is 0 Å². The van der Waals surface area contributed by atoms with Crippen LogP contribution in [-0.2, 0) is 0 Å². The summed E-state index contributed by atoms with van der Waals surface area (Å²) in [5.74, 6) is 0.715. The van der Waals surface area contributed by atoms with Crippen LogP contribution in [0.4, 0.5) is 0 Å². The molecule has 0 unspecified atom stereocenters. The summed E-state index contributed by atoms with van der Waals surface area (Å²) in [5.41, 5.74) is 9.24. The van der Waals surface area contributed by atoms with Gasteiger partial charge in [-0.1, -0.05) is 146 Å². The zero-order valence-corrected chi connectivity index (χ0v) is 25.0. The van der Waals surface area contributed by atoms with Gasteiger partial charge in [-0.15, -0.1) is 11.3 Å². The van der Waals surface area contributed by atoms with Crippen molar-refractivity contribution in [1.29, 1.82) is 0 Å². The first kappa shape index (κ1) is 25.8. The molecule has 0 aliphatic heterocycles.